The number of rotatable bonds is 4. The maximum Gasteiger partial charge on any atom is 0.220 e. The van der Waals surface area contributed by atoms with Crippen LogP contribution in [0, 0.1) is 11.6 Å². The zero-order valence-electron chi connectivity index (χ0n) is 15.5. The topological polar surface area (TPSA) is 55.0 Å². The lowest BCUT2D eigenvalue weighted by atomic mass is 9.93. The Kier molecular flexibility index (Phi) is 5.30. The first kappa shape index (κ1) is 18.5. The quantitative estimate of drug-likeness (QED) is 0.711. The van der Waals surface area contributed by atoms with Crippen LogP contribution in [0.5, 0.6) is 0 Å². The molecule has 144 valence electrons. The number of benzene rings is 2. The normalized spacial score (nSPS) is 17.6. The number of nitrogen functional groups attached to an aromatic ring is 1. The van der Waals surface area contributed by atoms with Gasteiger partial charge in [0.2, 0.25) is 5.95 Å². The van der Waals surface area contributed by atoms with E-state index in [1.54, 1.807) is 12.3 Å². The summed E-state index contributed by atoms with van der Waals surface area (Å²) in [6, 6.07) is 13.1. The van der Waals surface area contributed by atoms with Crippen LogP contribution in [0.15, 0.2) is 54.7 Å². The van der Waals surface area contributed by atoms with Gasteiger partial charge in [-0.05, 0) is 54.8 Å². The standard InChI is InChI=1S/C22H22F2N4/c23-17-9-7-15(8-10-17)14-28-11-2-1-6-20(28)21-19(13-26-22(25)27-21)16-4-3-5-18(24)12-16/h3-5,7-10,12-13,20H,1-2,6,11,14H2,(H2,25,26,27)/t20-/m0/s1. The van der Waals surface area contributed by atoms with E-state index in [1.807, 2.05) is 18.2 Å². The number of hydrogen-bond acceptors (Lipinski definition) is 4. The minimum absolute atomic E-state index is 0.0439. The van der Waals surface area contributed by atoms with Crippen molar-refractivity contribution in [3.05, 3.63) is 77.6 Å². The number of nitrogens with zero attached hydrogens (tertiary/aromatic N) is 3. The summed E-state index contributed by atoms with van der Waals surface area (Å²) in [5.41, 5.74) is 9.30. The fourth-order valence-corrected chi connectivity index (χ4v) is 3.86. The zero-order valence-corrected chi connectivity index (χ0v) is 15.5. The third-order valence-electron chi connectivity index (χ3n) is 5.20. The molecule has 6 heteroatoms. The molecule has 2 heterocycles. The molecule has 28 heavy (non-hydrogen) atoms. The summed E-state index contributed by atoms with van der Waals surface area (Å²) in [6.45, 7) is 1.60. The molecule has 0 bridgehead atoms. The Morgan fingerprint density at radius 1 is 1.04 bits per heavy atom. The largest absolute Gasteiger partial charge is 0.368 e. The lowest BCUT2D eigenvalue weighted by Crippen LogP contribution is -2.34. The van der Waals surface area contributed by atoms with Crippen LogP contribution in [0.2, 0.25) is 0 Å². The highest BCUT2D eigenvalue weighted by molar-refractivity contribution is 5.66. The van der Waals surface area contributed by atoms with Crippen molar-refractivity contribution in [3.8, 4) is 11.1 Å². The maximum atomic E-state index is 13.8. The second kappa shape index (κ2) is 8.02. The van der Waals surface area contributed by atoms with Crippen molar-refractivity contribution in [1.82, 2.24) is 14.9 Å². The van der Waals surface area contributed by atoms with E-state index in [0.29, 0.717) is 6.54 Å². The van der Waals surface area contributed by atoms with Crippen molar-refractivity contribution >= 4 is 5.95 Å². The Bertz CT molecular complexity index is 959. The van der Waals surface area contributed by atoms with Gasteiger partial charge in [0.05, 0.1) is 11.7 Å². The Morgan fingerprint density at radius 2 is 1.86 bits per heavy atom. The summed E-state index contributed by atoms with van der Waals surface area (Å²) in [5, 5.41) is 0. The Morgan fingerprint density at radius 3 is 2.64 bits per heavy atom. The highest BCUT2D eigenvalue weighted by Crippen LogP contribution is 2.36. The van der Waals surface area contributed by atoms with Gasteiger partial charge in [-0.1, -0.05) is 30.7 Å². The second-order valence-corrected chi connectivity index (χ2v) is 7.15. The predicted molar refractivity (Wildman–Crippen MR) is 105 cm³/mol. The molecule has 0 aliphatic carbocycles. The molecule has 0 amide bonds. The van der Waals surface area contributed by atoms with E-state index in [2.05, 4.69) is 14.9 Å². The highest BCUT2D eigenvalue weighted by Gasteiger charge is 2.28. The van der Waals surface area contributed by atoms with Gasteiger partial charge >= 0.3 is 0 Å². The molecule has 4 rings (SSSR count). The molecular formula is C22H22F2N4. The smallest absolute Gasteiger partial charge is 0.220 e. The number of piperidine rings is 1. The summed E-state index contributed by atoms with van der Waals surface area (Å²) >= 11 is 0. The first-order valence-electron chi connectivity index (χ1n) is 9.47. The van der Waals surface area contributed by atoms with Crippen molar-refractivity contribution in [2.75, 3.05) is 12.3 Å². The monoisotopic (exact) mass is 380 g/mol. The van der Waals surface area contributed by atoms with Crippen LogP contribution in [0.25, 0.3) is 11.1 Å². The lowest BCUT2D eigenvalue weighted by molar-refractivity contribution is 0.137. The van der Waals surface area contributed by atoms with Crippen LogP contribution >= 0.6 is 0 Å². The first-order chi connectivity index (χ1) is 13.6. The summed E-state index contributed by atoms with van der Waals surface area (Å²) in [5.74, 6) is -0.328. The van der Waals surface area contributed by atoms with Crippen LogP contribution in [-0.4, -0.2) is 21.4 Å². The van der Waals surface area contributed by atoms with Gasteiger partial charge in [-0.25, -0.2) is 18.7 Å². The minimum atomic E-state index is -0.299. The second-order valence-electron chi connectivity index (χ2n) is 7.15. The van der Waals surface area contributed by atoms with E-state index >= 15 is 0 Å². The van der Waals surface area contributed by atoms with Crippen LogP contribution in [0.3, 0.4) is 0 Å². The molecule has 0 saturated carbocycles. The minimum Gasteiger partial charge on any atom is -0.368 e. The number of aromatic nitrogens is 2. The molecular weight excluding hydrogens is 358 g/mol. The van der Waals surface area contributed by atoms with Gasteiger partial charge in [-0.15, -0.1) is 0 Å². The number of halogens is 2. The van der Waals surface area contributed by atoms with Crippen LogP contribution in [0.1, 0.15) is 36.6 Å². The molecule has 0 unspecified atom stereocenters. The average molecular weight is 380 g/mol. The van der Waals surface area contributed by atoms with Crippen LogP contribution in [-0.2, 0) is 6.54 Å². The van der Waals surface area contributed by atoms with Crippen LogP contribution < -0.4 is 5.73 Å². The molecule has 2 N–H and O–H groups in total. The maximum absolute atomic E-state index is 13.8. The van der Waals surface area contributed by atoms with Crippen molar-refractivity contribution in [2.24, 2.45) is 0 Å². The number of anilines is 1. The first-order valence-corrected chi connectivity index (χ1v) is 9.47. The van der Waals surface area contributed by atoms with Crippen LogP contribution in [0.4, 0.5) is 14.7 Å². The molecule has 0 spiro atoms. The molecule has 1 aliphatic rings. The molecule has 2 aromatic carbocycles. The molecule has 0 radical (unpaired) electrons. The number of hydrogen-bond donors (Lipinski definition) is 1. The van der Waals surface area contributed by atoms with Crippen molar-refractivity contribution in [1.29, 1.82) is 0 Å². The lowest BCUT2D eigenvalue weighted by Gasteiger charge is -2.36. The van der Waals surface area contributed by atoms with Crippen molar-refractivity contribution in [3.63, 3.8) is 0 Å². The van der Waals surface area contributed by atoms with E-state index in [1.165, 1.54) is 24.3 Å². The van der Waals surface area contributed by atoms with E-state index in [0.717, 1.165) is 48.2 Å². The predicted octanol–water partition coefficient (Wildman–Crippen LogP) is 4.73. The third kappa shape index (κ3) is 4.02. The molecule has 1 fully saturated rings. The average Bonchev–Trinajstić information content (AvgIpc) is 2.70. The zero-order chi connectivity index (χ0) is 19.5. The third-order valence-corrected chi connectivity index (χ3v) is 5.20. The van der Waals surface area contributed by atoms with Gasteiger partial charge < -0.3 is 5.73 Å². The molecule has 1 saturated heterocycles. The van der Waals surface area contributed by atoms with Gasteiger partial charge in [-0.2, -0.15) is 0 Å². The fraction of sp³-hybridized carbons (Fsp3) is 0.273. The van der Waals surface area contributed by atoms with E-state index in [4.69, 9.17) is 5.73 Å². The molecule has 1 aromatic heterocycles. The Balaban J connectivity index is 1.71. The number of likely N-dealkylation sites (tertiary alicyclic amines) is 1. The summed E-state index contributed by atoms with van der Waals surface area (Å²) in [7, 11) is 0. The van der Waals surface area contributed by atoms with Gasteiger partial charge in [0.15, 0.2) is 0 Å². The Labute approximate surface area is 163 Å². The molecule has 3 aromatic rings. The van der Waals surface area contributed by atoms with E-state index in [9.17, 15) is 8.78 Å². The van der Waals surface area contributed by atoms with Gasteiger partial charge in [-0.3, -0.25) is 4.90 Å². The SMILES string of the molecule is Nc1ncc(-c2cccc(F)c2)c([C@@H]2CCCCN2Cc2ccc(F)cc2)n1. The van der Waals surface area contributed by atoms with E-state index in [-0.39, 0.29) is 23.6 Å². The van der Waals surface area contributed by atoms with Gasteiger partial charge in [0, 0.05) is 18.3 Å². The van der Waals surface area contributed by atoms with Gasteiger partial charge in [0.1, 0.15) is 11.6 Å². The number of nitrogens with two attached hydrogens (primary N) is 1. The van der Waals surface area contributed by atoms with Crippen molar-refractivity contribution in [2.45, 2.75) is 31.8 Å². The highest BCUT2D eigenvalue weighted by atomic mass is 19.1. The summed E-state index contributed by atoms with van der Waals surface area (Å²) < 4.78 is 27.0. The van der Waals surface area contributed by atoms with Gasteiger partial charge in [0.25, 0.3) is 0 Å². The summed E-state index contributed by atoms with van der Waals surface area (Å²) in [6.07, 6.45) is 4.78. The van der Waals surface area contributed by atoms with Crippen molar-refractivity contribution < 1.29 is 8.78 Å². The van der Waals surface area contributed by atoms with E-state index < -0.39 is 0 Å². The Hall–Kier alpha value is -2.86. The summed E-state index contributed by atoms with van der Waals surface area (Å²) in [4.78, 5) is 11.0. The fourth-order valence-electron chi connectivity index (χ4n) is 3.86. The molecule has 4 nitrogen and oxygen atoms in total. The molecule has 1 atom stereocenters. The molecule has 1 aliphatic heterocycles.